The Kier molecular flexibility index (Phi) is 4.11. The SMILES string of the molecule is CO[C@]1(COc2ccccc2)CCN(C(=O)c2cnco2)C1. The second-order valence-corrected chi connectivity index (χ2v) is 5.33. The van der Waals surface area contributed by atoms with Crippen molar-refractivity contribution in [2.75, 3.05) is 26.8 Å². The highest BCUT2D eigenvalue weighted by atomic mass is 16.5. The summed E-state index contributed by atoms with van der Waals surface area (Å²) in [5.74, 6) is 0.867. The number of oxazole rings is 1. The van der Waals surface area contributed by atoms with Gasteiger partial charge in [0.25, 0.3) is 5.91 Å². The van der Waals surface area contributed by atoms with Crippen LogP contribution < -0.4 is 4.74 Å². The van der Waals surface area contributed by atoms with Crippen molar-refractivity contribution in [3.8, 4) is 5.75 Å². The van der Waals surface area contributed by atoms with Crippen molar-refractivity contribution in [3.63, 3.8) is 0 Å². The van der Waals surface area contributed by atoms with Gasteiger partial charge in [0.15, 0.2) is 6.39 Å². The van der Waals surface area contributed by atoms with Gasteiger partial charge in [0.1, 0.15) is 18.0 Å². The molecule has 6 nitrogen and oxygen atoms in total. The fourth-order valence-corrected chi connectivity index (χ4v) is 2.57. The third-order valence-corrected chi connectivity index (χ3v) is 3.92. The highest BCUT2D eigenvalue weighted by molar-refractivity contribution is 5.91. The molecule has 0 unspecified atom stereocenters. The quantitative estimate of drug-likeness (QED) is 0.845. The minimum Gasteiger partial charge on any atom is -0.491 e. The summed E-state index contributed by atoms with van der Waals surface area (Å²) in [6, 6.07) is 9.57. The van der Waals surface area contributed by atoms with Crippen LogP contribution in [0.5, 0.6) is 5.75 Å². The number of hydrogen-bond acceptors (Lipinski definition) is 5. The van der Waals surface area contributed by atoms with E-state index in [9.17, 15) is 4.79 Å². The number of amides is 1. The highest BCUT2D eigenvalue weighted by Crippen LogP contribution is 2.27. The van der Waals surface area contributed by atoms with E-state index in [1.54, 1.807) is 12.0 Å². The lowest BCUT2D eigenvalue weighted by atomic mass is 10.0. The van der Waals surface area contributed by atoms with Gasteiger partial charge >= 0.3 is 0 Å². The third kappa shape index (κ3) is 2.96. The largest absolute Gasteiger partial charge is 0.491 e. The van der Waals surface area contributed by atoms with Crippen LogP contribution in [0.15, 0.2) is 47.3 Å². The molecule has 0 radical (unpaired) electrons. The number of ether oxygens (including phenoxy) is 2. The van der Waals surface area contributed by atoms with Crippen LogP contribution in [0.3, 0.4) is 0 Å². The van der Waals surface area contributed by atoms with Crippen molar-refractivity contribution >= 4 is 5.91 Å². The second kappa shape index (κ2) is 6.19. The fraction of sp³-hybridized carbons (Fsp3) is 0.375. The first-order valence-electron chi connectivity index (χ1n) is 7.13. The number of likely N-dealkylation sites (tertiary alicyclic amines) is 1. The number of aromatic nitrogens is 1. The maximum absolute atomic E-state index is 12.3. The van der Waals surface area contributed by atoms with Gasteiger partial charge in [-0.25, -0.2) is 4.98 Å². The molecule has 116 valence electrons. The van der Waals surface area contributed by atoms with Crippen molar-refractivity contribution in [3.05, 3.63) is 48.7 Å². The predicted octanol–water partition coefficient (Wildman–Crippen LogP) is 1.98. The Labute approximate surface area is 128 Å². The molecule has 0 saturated carbocycles. The zero-order chi connectivity index (χ0) is 15.4. The van der Waals surface area contributed by atoms with E-state index in [1.165, 1.54) is 12.6 Å². The van der Waals surface area contributed by atoms with Crippen LogP contribution in [-0.2, 0) is 4.74 Å². The Bertz CT molecular complexity index is 614. The molecule has 1 aliphatic rings. The first-order valence-corrected chi connectivity index (χ1v) is 7.13. The smallest absolute Gasteiger partial charge is 0.291 e. The number of para-hydroxylation sites is 1. The molecule has 1 fully saturated rings. The van der Waals surface area contributed by atoms with Crippen LogP contribution in [-0.4, -0.2) is 48.2 Å². The molecule has 0 spiro atoms. The van der Waals surface area contributed by atoms with Crippen LogP contribution in [0, 0.1) is 0 Å². The van der Waals surface area contributed by atoms with E-state index in [1.807, 2.05) is 30.3 Å². The third-order valence-electron chi connectivity index (χ3n) is 3.92. The van der Waals surface area contributed by atoms with Crippen molar-refractivity contribution in [1.82, 2.24) is 9.88 Å². The summed E-state index contributed by atoms with van der Waals surface area (Å²) in [5, 5.41) is 0. The van der Waals surface area contributed by atoms with Crippen LogP contribution in [0.25, 0.3) is 0 Å². The number of carbonyl (C=O) groups excluding carboxylic acids is 1. The summed E-state index contributed by atoms with van der Waals surface area (Å²) in [4.78, 5) is 17.8. The van der Waals surface area contributed by atoms with Gasteiger partial charge in [0.05, 0.1) is 12.7 Å². The van der Waals surface area contributed by atoms with Gasteiger partial charge in [0.2, 0.25) is 5.76 Å². The summed E-state index contributed by atoms with van der Waals surface area (Å²) in [5.41, 5.74) is -0.495. The van der Waals surface area contributed by atoms with E-state index in [2.05, 4.69) is 4.98 Å². The fourth-order valence-electron chi connectivity index (χ4n) is 2.57. The normalized spacial score (nSPS) is 21.0. The lowest BCUT2D eigenvalue weighted by Gasteiger charge is -2.27. The van der Waals surface area contributed by atoms with Crippen LogP contribution in [0.4, 0.5) is 0 Å². The molecule has 22 heavy (non-hydrogen) atoms. The summed E-state index contributed by atoms with van der Waals surface area (Å²) in [7, 11) is 1.65. The van der Waals surface area contributed by atoms with Crippen molar-refractivity contribution in [2.24, 2.45) is 0 Å². The number of methoxy groups -OCH3 is 1. The number of benzene rings is 1. The average Bonchev–Trinajstić information content (AvgIpc) is 3.24. The molecule has 3 rings (SSSR count). The standard InChI is InChI=1S/C16H18N2O4/c1-20-16(11-21-13-5-3-2-4-6-13)7-8-18(10-16)15(19)14-9-17-12-22-14/h2-6,9,12H,7-8,10-11H2,1H3/t16-/m1/s1. The number of nitrogens with zero attached hydrogens (tertiary/aromatic N) is 2. The molecular formula is C16H18N2O4. The Morgan fingerprint density at radius 3 is 2.91 bits per heavy atom. The molecule has 2 aromatic rings. The molecule has 1 aromatic carbocycles. The lowest BCUT2D eigenvalue weighted by Crippen LogP contribution is -2.42. The van der Waals surface area contributed by atoms with Gasteiger partial charge in [-0.1, -0.05) is 18.2 Å². The number of rotatable bonds is 5. The molecule has 1 saturated heterocycles. The van der Waals surface area contributed by atoms with Gasteiger partial charge in [-0.2, -0.15) is 0 Å². The van der Waals surface area contributed by atoms with Gasteiger partial charge in [0, 0.05) is 13.7 Å². The Morgan fingerprint density at radius 2 is 2.23 bits per heavy atom. The minimum absolute atomic E-state index is 0.170. The van der Waals surface area contributed by atoms with Crippen molar-refractivity contribution in [1.29, 1.82) is 0 Å². The molecule has 1 aliphatic heterocycles. The molecule has 0 N–H and O–H groups in total. The van der Waals surface area contributed by atoms with E-state index in [0.29, 0.717) is 19.7 Å². The first-order chi connectivity index (χ1) is 10.7. The van der Waals surface area contributed by atoms with Crippen molar-refractivity contribution in [2.45, 2.75) is 12.0 Å². The first kappa shape index (κ1) is 14.6. The van der Waals surface area contributed by atoms with Gasteiger partial charge < -0.3 is 18.8 Å². The molecule has 0 aliphatic carbocycles. The molecule has 2 heterocycles. The summed E-state index contributed by atoms with van der Waals surface area (Å²) in [6.07, 6.45) is 3.40. The van der Waals surface area contributed by atoms with Crippen molar-refractivity contribution < 1.29 is 18.7 Å². The second-order valence-electron chi connectivity index (χ2n) is 5.33. The van der Waals surface area contributed by atoms with E-state index >= 15 is 0 Å². The maximum atomic E-state index is 12.3. The van der Waals surface area contributed by atoms with Crippen LogP contribution in [0.1, 0.15) is 17.0 Å². The molecule has 1 aromatic heterocycles. The Hall–Kier alpha value is -2.34. The molecule has 6 heteroatoms. The Morgan fingerprint density at radius 1 is 1.41 bits per heavy atom. The van der Waals surface area contributed by atoms with Crippen LogP contribution >= 0.6 is 0 Å². The summed E-state index contributed by atoms with van der Waals surface area (Å²) in [6.45, 7) is 1.47. The Balaban J connectivity index is 1.64. The monoisotopic (exact) mass is 302 g/mol. The average molecular weight is 302 g/mol. The molecule has 0 bridgehead atoms. The predicted molar refractivity (Wildman–Crippen MR) is 78.7 cm³/mol. The lowest BCUT2D eigenvalue weighted by molar-refractivity contribution is -0.0344. The van der Waals surface area contributed by atoms with Gasteiger partial charge in [-0.15, -0.1) is 0 Å². The number of hydrogen-bond donors (Lipinski definition) is 0. The summed E-state index contributed by atoms with van der Waals surface area (Å²) < 4.78 is 16.5. The maximum Gasteiger partial charge on any atom is 0.291 e. The van der Waals surface area contributed by atoms with Gasteiger partial charge in [-0.3, -0.25) is 4.79 Å². The summed E-state index contributed by atoms with van der Waals surface area (Å²) >= 11 is 0. The number of carbonyl (C=O) groups is 1. The topological polar surface area (TPSA) is 64.8 Å². The van der Waals surface area contributed by atoms with E-state index in [4.69, 9.17) is 13.9 Å². The van der Waals surface area contributed by atoms with Crippen LogP contribution in [0.2, 0.25) is 0 Å². The highest BCUT2D eigenvalue weighted by Gasteiger charge is 2.41. The van der Waals surface area contributed by atoms with E-state index < -0.39 is 5.60 Å². The van der Waals surface area contributed by atoms with E-state index in [0.717, 1.165) is 12.2 Å². The molecular weight excluding hydrogens is 284 g/mol. The molecule has 1 atom stereocenters. The zero-order valence-corrected chi connectivity index (χ0v) is 12.4. The zero-order valence-electron chi connectivity index (χ0n) is 12.4. The molecule has 1 amide bonds. The van der Waals surface area contributed by atoms with E-state index in [-0.39, 0.29) is 11.7 Å². The minimum atomic E-state index is -0.495. The van der Waals surface area contributed by atoms with Gasteiger partial charge in [-0.05, 0) is 18.6 Å².